The average molecular weight is 401 g/mol. The fourth-order valence-corrected chi connectivity index (χ4v) is 3.75. The van der Waals surface area contributed by atoms with E-state index in [1.807, 2.05) is 30.7 Å². The summed E-state index contributed by atoms with van der Waals surface area (Å²) in [5.74, 6) is -0.247. The number of rotatable bonds is 6. The molecule has 3 aromatic rings. The van der Waals surface area contributed by atoms with Gasteiger partial charge in [-0.25, -0.2) is 4.68 Å². The van der Waals surface area contributed by atoms with Crippen LogP contribution in [0.25, 0.3) is 10.9 Å². The number of hydrogen-bond donors (Lipinski definition) is 1. The molecule has 0 radical (unpaired) electrons. The predicted molar refractivity (Wildman–Crippen MR) is 125 cm³/mol. The van der Waals surface area contributed by atoms with Crippen LogP contribution in [0.15, 0.2) is 35.3 Å². The van der Waals surface area contributed by atoms with E-state index in [0.717, 1.165) is 23.9 Å². The van der Waals surface area contributed by atoms with Gasteiger partial charge in [0.15, 0.2) is 0 Å². The molecule has 0 saturated heterocycles. The quantitative estimate of drug-likeness (QED) is 0.545. The molecule has 1 aliphatic carbocycles. The second-order valence-electron chi connectivity index (χ2n) is 9.29. The van der Waals surface area contributed by atoms with Crippen LogP contribution in [0.3, 0.4) is 0 Å². The Hall–Kier alpha value is -2.77. The highest BCUT2D eigenvalue weighted by atomic mass is 16.2. The molecule has 2 aromatic heterocycles. The molecule has 7 nitrogen and oxygen atoms in total. The fraction of sp³-hybridized carbons (Fsp3) is 0.400. The maximum atomic E-state index is 12.9. The van der Waals surface area contributed by atoms with Gasteiger partial charge in [-0.05, 0) is 32.3 Å². The van der Waals surface area contributed by atoms with Crippen molar-refractivity contribution in [3.05, 3.63) is 57.6 Å². The van der Waals surface area contributed by atoms with Crippen LogP contribution in [-0.4, -0.2) is 49.0 Å². The first kappa shape index (κ1) is 20.5. The lowest BCUT2D eigenvalue weighted by atomic mass is 9.40. The van der Waals surface area contributed by atoms with Gasteiger partial charge in [0.1, 0.15) is 6.54 Å². The van der Waals surface area contributed by atoms with Gasteiger partial charge < -0.3 is 5.32 Å². The van der Waals surface area contributed by atoms with Crippen LogP contribution < -0.4 is 10.9 Å². The Morgan fingerprint density at radius 3 is 2.53 bits per heavy atom. The van der Waals surface area contributed by atoms with E-state index >= 15 is 0 Å². The molecule has 1 fully saturated rings. The lowest BCUT2D eigenvalue weighted by Gasteiger charge is -2.20. The summed E-state index contributed by atoms with van der Waals surface area (Å²) in [5, 5.41) is 12.3. The Balaban J connectivity index is 1.48. The van der Waals surface area contributed by atoms with Crippen LogP contribution in [0, 0.1) is 6.92 Å². The fourth-order valence-electron chi connectivity index (χ4n) is 3.75. The molecular formula is C20H26B3N5O2. The number of nitrogens with one attached hydrogen (secondary N) is 1. The first-order chi connectivity index (χ1) is 14.1. The van der Waals surface area contributed by atoms with E-state index < -0.39 is 0 Å². The normalized spacial score (nSPS) is 15.3. The van der Waals surface area contributed by atoms with Gasteiger partial charge in [0, 0.05) is 0 Å². The molecule has 1 N–H and O–H groups in total. The molecule has 152 valence electrons. The van der Waals surface area contributed by atoms with E-state index in [-0.39, 0.29) is 29.2 Å². The zero-order chi connectivity index (χ0) is 21.6. The lowest BCUT2D eigenvalue weighted by Crippen LogP contribution is -2.35. The largest absolute Gasteiger partial charge is 0.348 e. The van der Waals surface area contributed by atoms with Crippen molar-refractivity contribution in [3.63, 3.8) is 0 Å². The van der Waals surface area contributed by atoms with E-state index in [2.05, 4.69) is 51.2 Å². The Kier molecular flexibility index (Phi) is 5.12. The molecule has 1 aromatic carbocycles. The summed E-state index contributed by atoms with van der Waals surface area (Å²) >= 11 is 0. The molecular weight excluding hydrogens is 375 g/mol. The average Bonchev–Trinajstić information content (AvgIpc) is 3.47. The zero-order valence-electron chi connectivity index (χ0n) is 18.3. The van der Waals surface area contributed by atoms with Crippen LogP contribution in [0.4, 0.5) is 0 Å². The second-order valence-corrected chi connectivity index (χ2v) is 9.29. The first-order valence-electron chi connectivity index (χ1n) is 10.5. The number of aromatic nitrogens is 4. The van der Waals surface area contributed by atoms with Crippen LogP contribution >= 0.6 is 0 Å². The Labute approximate surface area is 178 Å². The van der Waals surface area contributed by atoms with Gasteiger partial charge in [0.05, 0.1) is 58.4 Å². The molecule has 1 aliphatic rings. The number of carbonyl (C=O) groups is 1. The van der Waals surface area contributed by atoms with Crippen LogP contribution in [-0.2, 0) is 16.5 Å². The summed E-state index contributed by atoms with van der Waals surface area (Å²) in [6.07, 6.45) is 3.81. The maximum Gasteiger partial charge on any atom is 0.278 e. The van der Waals surface area contributed by atoms with Crippen molar-refractivity contribution in [2.24, 2.45) is 0 Å². The summed E-state index contributed by atoms with van der Waals surface area (Å²) in [6.45, 7) is 3.65. The van der Waals surface area contributed by atoms with Gasteiger partial charge in [-0.1, -0.05) is 34.9 Å². The summed E-state index contributed by atoms with van der Waals surface area (Å²) in [4.78, 5) is 25.5. The van der Waals surface area contributed by atoms with Gasteiger partial charge in [-0.15, -0.1) is 0 Å². The lowest BCUT2D eigenvalue weighted by molar-refractivity contribution is -0.122. The number of carbonyl (C=O) groups excluding carboxylic acids is 1. The minimum Gasteiger partial charge on any atom is -0.348 e. The zero-order valence-corrected chi connectivity index (χ0v) is 18.3. The van der Waals surface area contributed by atoms with Crippen molar-refractivity contribution in [3.8, 4) is 0 Å². The van der Waals surface area contributed by atoms with Crippen LogP contribution in [0.5, 0.6) is 0 Å². The molecule has 0 unspecified atom stereocenters. The van der Waals surface area contributed by atoms with Gasteiger partial charge in [-0.2, -0.15) is 10.2 Å². The molecule has 30 heavy (non-hydrogen) atoms. The molecule has 0 aliphatic heterocycles. The highest BCUT2D eigenvalue weighted by molar-refractivity contribution is 6.58. The monoisotopic (exact) mass is 401 g/mol. The third kappa shape index (κ3) is 3.95. The second kappa shape index (κ2) is 7.49. The summed E-state index contributed by atoms with van der Waals surface area (Å²) < 4.78 is 3.12. The number of aryl methyl sites for hydroxylation is 1. The van der Waals surface area contributed by atoms with E-state index in [1.54, 1.807) is 6.20 Å². The third-order valence-electron chi connectivity index (χ3n) is 5.73. The van der Waals surface area contributed by atoms with Crippen LogP contribution in [0.2, 0.25) is 0 Å². The number of hydrogen-bond acceptors (Lipinski definition) is 4. The van der Waals surface area contributed by atoms with Crippen molar-refractivity contribution in [2.45, 2.75) is 50.4 Å². The highest BCUT2D eigenvalue weighted by Crippen LogP contribution is 2.36. The van der Waals surface area contributed by atoms with Crippen molar-refractivity contribution < 1.29 is 4.79 Å². The predicted octanol–water partition coefficient (Wildman–Crippen LogP) is -0.877. The molecule has 2 heterocycles. The SMILES string of the molecule is BC(B)(B)c1ccc([C@H](C)NC(=O)Cn2ncc3c(c(C)nn3C3CC3)c2=O)cc1. The van der Waals surface area contributed by atoms with Gasteiger partial charge >= 0.3 is 0 Å². The maximum absolute atomic E-state index is 12.9. The van der Waals surface area contributed by atoms with E-state index in [1.165, 1.54) is 10.2 Å². The summed E-state index contributed by atoms with van der Waals surface area (Å²) in [5.41, 5.74) is 3.44. The first-order valence-corrected chi connectivity index (χ1v) is 10.5. The van der Waals surface area contributed by atoms with E-state index in [4.69, 9.17) is 0 Å². The minimum absolute atomic E-state index is 0.0853. The van der Waals surface area contributed by atoms with Crippen molar-refractivity contribution >= 4 is 40.3 Å². The standard InChI is InChI=1S/C20H26B3N5O2/c1-11(13-3-5-14(6-4-13)20(21,22)23)25-17(29)10-27-19(30)18-12(2)26-28(15-7-8-15)16(18)9-24-27/h3-6,9,11,15H,7-8,10,21-23H2,1-2H3,(H,25,29)/t11-/m0/s1. The molecule has 0 bridgehead atoms. The summed E-state index contributed by atoms with van der Waals surface area (Å²) in [7, 11) is 6.51. The van der Waals surface area contributed by atoms with Crippen molar-refractivity contribution in [2.75, 3.05) is 0 Å². The van der Waals surface area contributed by atoms with E-state index in [0.29, 0.717) is 17.1 Å². The number of nitrogens with zero attached hydrogens (tertiary/aromatic N) is 4. The summed E-state index contributed by atoms with van der Waals surface area (Å²) in [6, 6.07) is 8.48. The number of benzene rings is 1. The van der Waals surface area contributed by atoms with Crippen molar-refractivity contribution in [1.29, 1.82) is 0 Å². The topological polar surface area (TPSA) is 81.8 Å². The molecule has 1 amide bonds. The third-order valence-corrected chi connectivity index (χ3v) is 5.73. The van der Waals surface area contributed by atoms with E-state index in [9.17, 15) is 9.59 Å². The number of fused-ring (bicyclic) bond motifs is 1. The molecule has 1 atom stereocenters. The number of amides is 1. The smallest absolute Gasteiger partial charge is 0.278 e. The van der Waals surface area contributed by atoms with Gasteiger partial charge in [-0.3, -0.25) is 14.3 Å². The Bertz CT molecular complexity index is 1160. The van der Waals surface area contributed by atoms with Crippen molar-refractivity contribution in [1.82, 2.24) is 24.9 Å². The highest BCUT2D eigenvalue weighted by Gasteiger charge is 2.28. The van der Waals surface area contributed by atoms with Gasteiger partial charge in [0.25, 0.3) is 5.56 Å². The minimum atomic E-state index is -0.269. The molecule has 10 heteroatoms. The molecule has 1 saturated carbocycles. The molecule has 4 rings (SSSR count). The Morgan fingerprint density at radius 2 is 1.93 bits per heavy atom. The Morgan fingerprint density at radius 1 is 1.27 bits per heavy atom. The van der Waals surface area contributed by atoms with Gasteiger partial charge in [0.2, 0.25) is 5.91 Å². The molecule has 0 spiro atoms. The van der Waals surface area contributed by atoms with Crippen LogP contribution in [0.1, 0.15) is 48.7 Å².